The van der Waals surface area contributed by atoms with E-state index in [1.807, 2.05) is 0 Å². The van der Waals surface area contributed by atoms with Crippen molar-refractivity contribution in [1.82, 2.24) is 4.98 Å². The van der Waals surface area contributed by atoms with Gasteiger partial charge in [-0.2, -0.15) is 0 Å². The van der Waals surface area contributed by atoms with Gasteiger partial charge in [0.25, 0.3) is 0 Å². The molecule has 0 radical (unpaired) electrons. The topological polar surface area (TPSA) is 96.4 Å². The second-order valence-corrected chi connectivity index (χ2v) is 3.09. The van der Waals surface area contributed by atoms with Crippen LogP contribution in [0.5, 0.6) is 0 Å². The van der Waals surface area contributed by atoms with Crippen LogP contribution in [0.3, 0.4) is 0 Å². The van der Waals surface area contributed by atoms with E-state index in [-0.39, 0.29) is 10.7 Å². The number of halogens is 1. The zero-order valence-corrected chi connectivity index (χ0v) is 7.85. The third kappa shape index (κ3) is 2.41. The number of nitrogens with zero attached hydrogens (tertiary/aromatic N) is 1. The number of aromatic nitrogens is 1. The second-order valence-electron chi connectivity index (χ2n) is 2.71. The summed E-state index contributed by atoms with van der Waals surface area (Å²) in [6.07, 6.45) is -1.76. The van der Waals surface area contributed by atoms with Gasteiger partial charge in [-0.3, -0.25) is 4.79 Å². The Labute approximate surface area is 85.1 Å². The van der Waals surface area contributed by atoms with Crippen molar-refractivity contribution in [3.05, 3.63) is 29.0 Å². The summed E-state index contributed by atoms with van der Waals surface area (Å²) in [5.74, 6) is -0.993. The lowest BCUT2D eigenvalue weighted by Crippen LogP contribution is -2.33. The molecule has 1 aromatic rings. The molecule has 6 heteroatoms. The predicted molar refractivity (Wildman–Crippen MR) is 49.4 cm³/mol. The second kappa shape index (κ2) is 4.36. The first-order valence-electron chi connectivity index (χ1n) is 3.79. The molecule has 1 amide bonds. The third-order valence-corrected chi connectivity index (χ3v) is 1.91. The number of nitrogens with two attached hydrogens (primary N) is 1. The van der Waals surface area contributed by atoms with Gasteiger partial charge in [0.2, 0.25) is 5.91 Å². The number of hydrogen-bond acceptors (Lipinski definition) is 4. The van der Waals surface area contributed by atoms with Gasteiger partial charge in [-0.15, -0.1) is 0 Å². The highest BCUT2D eigenvalue weighted by atomic mass is 35.5. The molecule has 0 spiro atoms. The van der Waals surface area contributed by atoms with Gasteiger partial charge < -0.3 is 15.9 Å². The highest BCUT2D eigenvalue weighted by Crippen LogP contribution is 2.17. The lowest BCUT2D eigenvalue weighted by Gasteiger charge is -2.14. The van der Waals surface area contributed by atoms with E-state index in [0.717, 1.165) is 0 Å². The maximum atomic E-state index is 10.5. The van der Waals surface area contributed by atoms with Crippen molar-refractivity contribution >= 4 is 17.5 Å². The van der Waals surface area contributed by atoms with Crippen molar-refractivity contribution in [2.45, 2.75) is 12.2 Å². The average molecular weight is 217 g/mol. The minimum Gasteiger partial charge on any atom is -0.385 e. The number of carbonyl (C=O) groups excluding carboxylic acids is 1. The van der Waals surface area contributed by atoms with Crippen LogP contribution in [-0.2, 0) is 4.79 Å². The van der Waals surface area contributed by atoms with Gasteiger partial charge in [-0.25, -0.2) is 4.98 Å². The molecule has 4 N–H and O–H groups in total. The van der Waals surface area contributed by atoms with Gasteiger partial charge in [-0.05, 0) is 6.07 Å². The smallest absolute Gasteiger partial charge is 0.249 e. The van der Waals surface area contributed by atoms with E-state index in [4.69, 9.17) is 22.4 Å². The molecule has 5 nitrogen and oxygen atoms in total. The molecule has 0 saturated carbocycles. The summed E-state index contributed by atoms with van der Waals surface area (Å²) < 4.78 is 0. The molecule has 0 aliphatic carbocycles. The summed E-state index contributed by atoms with van der Waals surface area (Å²) >= 11 is 5.51. The fourth-order valence-corrected chi connectivity index (χ4v) is 1.01. The van der Waals surface area contributed by atoms with Crippen LogP contribution in [0.2, 0.25) is 5.15 Å². The van der Waals surface area contributed by atoms with Crippen molar-refractivity contribution in [2.24, 2.45) is 5.73 Å². The minimum atomic E-state index is -1.64. The Morgan fingerprint density at radius 3 is 2.57 bits per heavy atom. The Morgan fingerprint density at radius 1 is 1.50 bits per heavy atom. The maximum Gasteiger partial charge on any atom is 0.249 e. The molecule has 0 saturated heterocycles. The molecule has 1 aromatic heterocycles. The molecule has 1 rings (SSSR count). The number of hydrogen-bond donors (Lipinski definition) is 3. The van der Waals surface area contributed by atoms with Crippen LogP contribution in [-0.4, -0.2) is 27.2 Å². The SMILES string of the molecule is NC(=O)C(O)C(O)c1ccc(Cl)nc1. The molecule has 0 fully saturated rings. The fourth-order valence-electron chi connectivity index (χ4n) is 0.900. The average Bonchev–Trinajstić information content (AvgIpc) is 2.16. The minimum absolute atomic E-state index is 0.259. The Kier molecular flexibility index (Phi) is 3.40. The molecular formula is C8H9ClN2O3. The van der Waals surface area contributed by atoms with Gasteiger partial charge in [0.05, 0.1) is 0 Å². The molecule has 14 heavy (non-hydrogen) atoms. The van der Waals surface area contributed by atoms with E-state index < -0.39 is 18.1 Å². The first kappa shape index (κ1) is 10.9. The highest BCUT2D eigenvalue weighted by molar-refractivity contribution is 6.29. The summed E-state index contributed by atoms with van der Waals surface area (Å²) in [4.78, 5) is 14.2. The van der Waals surface area contributed by atoms with Gasteiger partial charge in [0.1, 0.15) is 11.3 Å². The summed E-state index contributed by atoms with van der Waals surface area (Å²) in [5.41, 5.74) is 5.09. The van der Waals surface area contributed by atoms with Crippen molar-refractivity contribution in [3.63, 3.8) is 0 Å². The van der Waals surface area contributed by atoms with E-state index in [0.29, 0.717) is 0 Å². The number of primary amides is 1. The molecule has 0 aliphatic heterocycles. The van der Waals surface area contributed by atoms with Crippen LogP contribution in [0, 0.1) is 0 Å². The quantitative estimate of drug-likeness (QED) is 0.600. The van der Waals surface area contributed by atoms with Crippen molar-refractivity contribution < 1.29 is 15.0 Å². The lowest BCUT2D eigenvalue weighted by atomic mass is 10.1. The number of rotatable bonds is 3. The van der Waals surface area contributed by atoms with E-state index in [9.17, 15) is 9.90 Å². The molecule has 2 atom stereocenters. The number of carbonyl (C=O) groups is 1. The van der Waals surface area contributed by atoms with Crippen LogP contribution < -0.4 is 5.73 Å². The van der Waals surface area contributed by atoms with Crippen molar-refractivity contribution in [1.29, 1.82) is 0 Å². The van der Waals surface area contributed by atoms with E-state index in [1.165, 1.54) is 18.3 Å². The molecule has 1 heterocycles. The van der Waals surface area contributed by atoms with Crippen LogP contribution in [0.25, 0.3) is 0 Å². The Morgan fingerprint density at radius 2 is 2.14 bits per heavy atom. The predicted octanol–water partition coefficient (Wildman–Crippen LogP) is -0.385. The standard InChI is InChI=1S/C8H9ClN2O3/c9-5-2-1-4(3-11-5)6(12)7(13)8(10)14/h1-3,6-7,12-13H,(H2,10,14). The molecule has 0 bridgehead atoms. The lowest BCUT2D eigenvalue weighted by molar-refractivity contribution is -0.131. The van der Waals surface area contributed by atoms with Crippen LogP contribution in [0.15, 0.2) is 18.3 Å². The number of aliphatic hydroxyl groups excluding tert-OH is 2. The van der Waals surface area contributed by atoms with Crippen LogP contribution in [0.4, 0.5) is 0 Å². The van der Waals surface area contributed by atoms with Crippen molar-refractivity contribution in [3.8, 4) is 0 Å². The number of pyridine rings is 1. The molecular weight excluding hydrogens is 208 g/mol. The van der Waals surface area contributed by atoms with Crippen molar-refractivity contribution in [2.75, 3.05) is 0 Å². The number of aliphatic hydroxyl groups is 2. The van der Waals surface area contributed by atoms with Gasteiger partial charge in [0.15, 0.2) is 6.10 Å². The monoisotopic (exact) mass is 216 g/mol. The first-order valence-corrected chi connectivity index (χ1v) is 4.17. The van der Waals surface area contributed by atoms with E-state index >= 15 is 0 Å². The van der Waals surface area contributed by atoms with E-state index in [1.54, 1.807) is 0 Å². The van der Waals surface area contributed by atoms with Crippen LogP contribution >= 0.6 is 11.6 Å². The highest BCUT2D eigenvalue weighted by Gasteiger charge is 2.23. The Bertz CT molecular complexity index is 328. The molecule has 2 unspecified atom stereocenters. The molecule has 0 aromatic carbocycles. The summed E-state index contributed by atoms with van der Waals surface area (Å²) in [5, 5.41) is 18.8. The normalized spacial score (nSPS) is 14.8. The van der Waals surface area contributed by atoms with Gasteiger partial charge >= 0.3 is 0 Å². The summed E-state index contributed by atoms with van der Waals surface area (Å²) in [7, 11) is 0. The zero-order valence-electron chi connectivity index (χ0n) is 7.09. The zero-order chi connectivity index (χ0) is 10.7. The summed E-state index contributed by atoms with van der Waals surface area (Å²) in [6.45, 7) is 0. The number of amides is 1. The molecule has 76 valence electrons. The Hall–Kier alpha value is -1.17. The van der Waals surface area contributed by atoms with E-state index in [2.05, 4.69) is 4.98 Å². The van der Waals surface area contributed by atoms with Crippen LogP contribution in [0.1, 0.15) is 11.7 Å². The maximum absolute atomic E-state index is 10.5. The first-order chi connectivity index (χ1) is 6.52. The Balaban J connectivity index is 2.84. The largest absolute Gasteiger partial charge is 0.385 e. The third-order valence-electron chi connectivity index (χ3n) is 1.68. The van der Waals surface area contributed by atoms with Gasteiger partial charge in [0, 0.05) is 11.8 Å². The summed E-state index contributed by atoms with van der Waals surface area (Å²) in [6, 6.07) is 2.89. The molecule has 0 aliphatic rings. The van der Waals surface area contributed by atoms with Gasteiger partial charge in [-0.1, -0.05) is 17.7 Å². The fraction of sp³-hybridized carbons (Fsp3) is 0.250.